The fourth-order valence-corrected chi connectivity index (χ4v) is 12.0. The van der Waals surface area contributed by atoms with Gasteiger partial charge in [-0.1, -0.05) is 41.5 Å². The molecule has 0 aliphatic heterocycles. The third kappa shape index (κ3) is 2.86. The second-order valence-electron chi connectivity index (χ2n) is 15.6. The number of ketones is 1. The summed E-state index contributed by atoms with van der Waals surface area (Å²) in [5.74, 6) is 1.38. The average Bonchev–Trinajstić information content (AvgIpc) is 3.05. The van der Waals surface area contributed by atoms with Crippen LogP contribution in [0.4, 0.5) is 0 Å². The highest BCUT2D eigenvalue weighted by atomic mass is 16.3. The Bertz CT molecular complexity index is 874. The van der Waals surface area contributed by atoms with Crippen molar-refractivity contribution >= 4 is 5.78 Å². The Morgan fingerprint density at radius 1 is 0.824 bits per heavy atom. The van der Waals surface area contributed by atoms with Gasteiger partial charge >= 0.3 is 0 Å². The smallest absolute Gasteiger partial charge is 0.137 e. The quantitative estimate of drug-likeness (QED) is 0.477. The van der Waals surface area contributed by atoms with E-state index in [9.17, 15) is 20.1 Å². The van der Waals surface area contributed by atoms with Crippen molar-refractivity contribution in [2.24, 2.45) is 56.7 Å². The Kier molecular flexibility index (Phi) is 5.26. The van der Waals surface area contributed by atoms with Gasteiger partial charge in [0, 0.05) is 17.8 Å². The van der Waals surface area contributed by atoms with Gasteiger partial charge in [-0.2, -0.15) is 0 Å². The van der Waals surface area contributed by atoms with Crippen molar-refractivity contribution in [2.45, 2.75) is 125 Å². The molecule has 0 bridgehead atoms. The summed E-state index contributed by atoms with van der Waals surface area (Å²) in [6, 6.07) is 0. The summed E-state index contributed by atoms with van der Waals surface area (Å²) in [6.07, 6.45) is 6.44. The molecule has 4 heteroatoms. The van der Waals surface area contributed by atoms with E-state index in [0.717, 1.165) is 44.9 Å². The van der Waals surface area contributed by atoms with Gasteiger partial charge in [0.15, 0.2) is 0 Å². The molecule has 5 aliphatic carbocycles. The normalized spacial score (nSPS) is 56.8. The standard InChI is InChI=1S/C30H50O4/c1-25(2)22(33)12-14-28(6)21-10-9-20-27(5)13-11-17(26(3,4)34)23(27)18(31)15-29(20,7)30(21,8)16-19(32)24(25)28/h17-18,20-24,31,33-34H,9-16H2,1-8H3. The van der Waals surface area contributed by atoms with Crippen LogP contribution in [0.5, 0.6) is 0 Å². The van der Waals surface area contributed by atoms with Crippen LogP contribution in [0.2, 0.25) is 0 Å². The van der Waals surface area contributed by atoms with Crippen LogP contribution >= 0.6 is 0 Å². The molecule has 4 nitrogen and oxygen atoms in total. The SMILES string of the molecule is CC(C)(O)C1CCC2(C)C1C(O)CC1(C)C2CCC2C3(C)CCC(O)C(C)(C)C3C(=O)CC21C. The Morgan fingerprint density at radius 3 is 1.97 bits per heavy atom. The van der Waals surface area contributed by atoms with Gasteiger partial charge in [0.25, 0.3) is 0 Å². The summed E-state index contributed by atoms with van der Waals surface area (Å²) in [5.41, 5.74) is -1.55. The zero-order chi connectivity index (χ0) is 25.3. The molecule has 0 aromatic rings. The third-order valence-electron chi connectivity index (χ3n) is 13.4. The van der Waals surface area contributed by atoms with E-state index in [1.807, 2.05) is 13.8 Å². The third-order valence-corrected chi connectivity index (χ3v) is 13.4. The number of carbonyl (C=O) groups is 1. The van der Waals surface area contributed by atoms with Crippen molar-refractivity contribution in [1.29, 1.82) is 0 Å². The van der Waals surface area contributed by atoms with Gasteiger partial charge in [0.2, 0.25) is 0 Å². The Balaban J connectivity index is 1.58. The van der Waals surface area contributed by atoms with E-state index in [1.54, 1.807) is 0 Å². The molecule has 5 rings (SSSR count). The molecule has 0 heterocycles. The second-order valence-corrected chi connectivity index (χ2v) is 15.6. The maximum absolute atomic E-state index is 14.0. The van der Waals surface area contributed by atoms with Crippen molar-refractivity contribution in [2.75, 3.05) is 0 Å². The van der Waals surface area contributed by atoms with Gasteiger partial charge in [0.05, 0.1) is 17.8 Å². The van der Waals surface area contributed by atoms with Gasteiger partial charge in [-0.25, -0.2) is 0 Å². The lowest BCUT2D eigenvalue weighted by Crippen LogP contribution is -2.70. The topological polar surface area (TPSA) is 77.8 Å². The first-order valence-corrected chi connectivity index (χ1v) is 14.1. The molecule has 34 heavy (non-hydrogen) atoms. The van der Waals surface area contributed by atoms with Crippen molar-refractivity contribution in [1.82, 2.24) is 0 Å². The number of hydrogen-bond donors (Lipinski definition) is 3. The van der Waals surface area contributed by atoms with Gasteiger partial charge in [-0.05, 0) is 104 Å². The van der Waals surface area contributed by atoms with Crippen LogP contribution in [0.15, 0.2) is 0 Å². The number of Topliss-reactive ketones (excluding diaryl/α,β-unsaturated/α-hetero) is 1. The molecule has 3 N–H and O–H groups in total. The highest BCUT2D eigenvalue weighted by Crippen LogP contribution is 2.77. The largest absolute Gasteiger partial charge is 0.393 e. The fraction of sp³-hybridized carbons (Fsp3) is 0.967. The van der Waals surface area contributed by atoms with Crippen LogP contribution in [0.1, 0.15) is 107 Å². The molecule has 0 aromatic carbocycles. The van der Waals surface area contributed by atoms with Gasteiger partial charge in [-0.3, -0.25) is 4.79 Å². The average molecular weight is 475 g/mol. The summed E-state index contributed by atoms with van der Waals surface area (Å²) >= 11 is 0. The molecule has 11 unspecified atom stereocenters. The van der Waals surface area contributed by atoms with Gasteiger partial charge < -0.3 is 15.3 Å². The number of fused-ring (bicyclic) bond motifs is 7. The molecule has 0 saturated heterocycles. The molecule has 5 saturated carbocycles. The Hall–Kier alpha value is -0.450. The number of rotatable bonds is 1. The maximum atomic E-state index is 14.0. The van der Waals surface area contributed by atoms with E-state index in [4.69, 9.17) is 0 Å². The van der Waals surface area contributed by atoms with E-state index < -0.39 is 23.2 Å². The summed E-state index contributed by atoms with van der Waals surface area (Å²) in [6.45, 7) is 17.6. The lowest BCUT2D eigenvalue weighted by atomic mass is 9.31. The van der Waals surface area contributed by atoms with Crippen LogP contribution in [0, 0.1) is 56.7 Å². The van der Waals surface area contributed by atoms with E-state index >= 15 is 0 Å². The van der Waals surface area contributed by atoms with Crippen LogP contribution in [0.3, 0.4) is 0 Å². The zero-order valence-corrected chi connectivity index (χ0v) is 22.9. The van der Waals surface area contributed by atoms with Gasteiger partial charge in [-0.15, -0.1) is 0 Å². The molecule has 194 valence electrons. The van der Waals surface area contributed by atoms with Crippen molar-refractivity contribution in [3.8, 4) is 0 Å². The summed E-state index contributed by atoms with van der Waals surface area (Å²) in [5, 5.41) is 33.6. The van der Waals surface area contributed by atoms with Crippen LogP contribution in [-0.2, 0) is 4.79 Å². The van der Waals surface area contributed by atoms with Gasteiger partial charge in [0.1, 0.15) is 5.78 Å². The minimum Gasteiger partial charge on any atom is -0.393 e. The fourth-order valence-electron chi connectivity index (χ4n) is 12.0. The number of hydrogen-bond acceptors (Lipinski definition) is 4. The van der Waals surface area contributed by atoms with Crippen LogP contribution in [0.25, 0.3) is 0 Å². The lowest BCUT2D eigenvalue weighted by Gasteiger charge is -2.73. The minimum absolute atomic E-state index is 0.00606. The molecule has 0 aromatic heterocycles. The highest BCUT2D eigenvalue weighted by molar-refractivity contribution is 5.85. The first-order chi connectivity index (χ1) is 15.4. The zero-order valence-electron chi connectivity index (χ0n) is 22.9. The molecular weight excluding hydrogens is 424 g/mol. The molecule has 5 fully saturated rings. The number of carbonyl (C=O) groups excluding carboxylic acids is 1. The molecule has 0 amide bonds. The molecule has 0 spiro atoms. The summed E-state index contributed by atoms with van der Waals surface area (Å²) < 4.78 is 0. The van der Waals surface area contributed by atoms with Crippen molar-refractivity contribution in [3.63, 3.8) is 0 Å². The highest BCUT2D eigenvalue weighted by Gasteiger charge is 2.74. The first-order valence-electron chi connectivity index (χ1n) is 14.1. The van der Waals surface area contributed by atoms with Crippen molar-refractivity contribution < 1.29 is 20.1 Å². The Labute approximate surface area is 207 Å². The minimum atomic E-state index is -0.783. The van der Waals surface area contributed by atoms with Crippen molar-refractivity contribution in [3.05, 3.63) is 0 Å². The number of aliphatic hydroxyl groups is 3. The van der Waals surface area contributed by atoms with Crippen LogP contribution < -0.4 is 0 Å². The predicted octanol–water partition coefficient (Wildman–Crippen LogP) is 5.37. The molecule has 5 aliphatic rings. The van der Waals surface area contributed by atoms with Crippen LogP contribution in [-0.4, -0.2) is 38.9 Å². The number of aliphatic hydroxyl groups excluding tert-OH is 2. The van der Waals surface area contributed by atoms with E-state index in [-0.39, 0.29) is 39.4 Å². The lowest BCUT2D eigenvalue weighted by molar-refractivity contribution is -0.258. The monoisotopic (exact) mass is 474 g/mol. The Morgan fingerprint density at radius 2 is 1.38 bits per heavy atom. The van der Waals surface area contributed by atoms with E-state index in [0.29, 0.717) is 24.0 Å². The second kappa shape index (κ2) is 7.10. The molecule has 0 radical (unpaired) electrons. The predicted molar refractivity (Wildman–Crippen MR) is 134 cm³/mol. The van der Waals surface area contributed by atoms with E-state index in [2.05, 4.69) is 41.5 Å². The summed E-state index contributed by atoms with van der Waals surface area (Å²) in [7, 11) is 0. The first kappa shape index (κ1) is 25.2. The summed E-state index contributed by atoms with van der Waals surface area (Å²) in [4.78, 5) is 14.0. The molecular formula is C30H50O4. The van der Waals surface area contributed by atoms with E-state index in [1.165, 1.54) is 0 Å². The maximum Gasteiger partial charge on any atom is 0.137 e. The molecule has 11 atom stereocenters.